The molecule has 6 nitrogen and oxygen atoms in total. The second-order valence-electron chi connectivity index (χ2n) is 24.2. The number of rotatable bonds is 66. The van der Waals surface area contributed by atoms with Crippen LogP contribution < -0.4 is 5.32 Å². The normalized spacial score (nSPS) is 12.6. The van der Waals surface area contributed by atoms with E-state index in [2.05, 4.69) is 43.5 Å². The van der Waals surface area contributed by atoms with E-state index in [1.165, 1.54) is 321 Å². The number of amides is 1. The lowest BCUT2D eigenvalue weighted by Gasteiger charge is -2.22. The molecule has 0 fully saturated rings. The molecule has 0 spiro atoms. The number of aliphatic hydroxyl groups excluding tert-OH is 2. The average molecular weight is 1080 g/mol. The molecule has 0 saturated heterocycles. The van der Waals surface area contributed by atoms with Gasteiger partial charge in [0.25, 0.3) is 0 Å². The minimum absolute atomic E-state index is 0.0183. The van der Waals surface area contributed by atoms with Gasteiger partial charge in [0.1, 0.15) is 0 Å². The van der Waals surface area contributed by atoms with Crippen molar-refractivity contribution in [2.24, 2.45) is 0 Å². The quantitative estimate of drug-likeness (QED) is 0.0320. The molecule has 0 aromatic heterocycles. The predicted octanol–water partition coefficient (Wildman–Crippen LogP) is 22.5. The molecule has 0 saturated carbocycles. The first-order chi connectivity index (χ1) is 38.0. The number of unbranched alkanes of at least 4 members (excludes halogenated alkanes) is 51. The summed E-state index contributed by atoms with van der Waals surface area (Å²) in [6.07, 6.45) is 83.9. The SMILES string of the molecule is CCCCCCCC/C=C\CCCCCCCCCCCC(=O)OCCCCCCCCCCCCCC/C=C\CCCCCCCCCCCCCCCCCCC(=O)NC(CO)C(O)CCCCCCCCCCC. The molecule has 0 aliphatic rings. The van der Waals surface area contributed by atoms with Crippen molar-refractivity contribution in [3.63, 3.8) is 0 Å². The van der Waals surface area contributed by atoms with Gasteiger partial charge in [-0.1, -0.05) is 327 Å². The van der Waals surface area contributed by atoms with Crippen LogP contribution in [0.3, 0.4) is 0 Å². The Morgan fingerprint density at radius 3 is 0.922 bits per heavy atom. The fourth-order valence-electron chi connectivity index (χ4n) is 11.1. The summed E-state index contributed by atoms with van der Waals surface area (Å²) in [7, 11) is 0. The van der Waals surface area contributed by atoms with E-state index in [1.54, 1.807) is 0 Å². The number of esters is 1. The highest BCUT2D eigenvalue weighted by atomic mass is 16.5. The van der Waals surface area contributed by atoms with Crippen LogP contribution in [-0.2, 0) is 14.3 Å². The van der Waals surface area contributed by atoms with Gasteiger partial charge in [-0.2, -0.15) is 0 Å². The summed E-state index contributed by atoms with van der Waals surface area (Å²) in [6.45, 7) is 4.96. The van der Waals surface area contributed by atoms with Crippen molar-refractivity contribution >= 4 is 11.9 Å². The Morgan fingerprint density at radius 2 is 0.610 bits per heavy atom. The van der Waals surface area contributed by atoms with Gasteiger partial charge in [0.15, 0.2) is 0 Å². The fourth-order valence-corrected chi connectivity index (χ4v) is 11.1. The zero-order valence-corrected chi connectivity index (χ0v) is 52.2. The number of ether oxygens (including phenoxy) is 1. The number of carbonyl (C=O) groups excluding carboxylic acids is 2. The second-order valence-corrected chi connectivity index (χ2v) is 24.2. The molecule has 456 valence electrons. The Bertz CT molecular complexity index is 1200. The van der Waals surface area contributed by atoms with Gasteiger partial charge in [-0.15, -0.1) is 0 Å². The van der Waals surface area contributed by atoms with Crippen LogP contribution >= 0.6 is 0 Å². The molecular weight excluding hydrogens is 947 g/mol. The van der Waals surface area contributed by atoms with Gasteiger partial charge in [-0.05, 0) is 77.0 Å². The minimum atomic E-state index is -0.660. The molecule has 0 radical (unpaired) electrons. The van der Waals surface area contributed by atoms with E-state index in [-0.39, 0.29) is 18.5 Å². The Morgan fingerprint density at radius 1 is 0.351 bits per heavy atom. The highest BCUT2D eigenvalue weighted by Gasteiger charge is 2.20. The van der Waals surface area contributed by atoms with Crippen molar-refractivity contribution in [1.29, 1.82) is 0 Å². The summed E-state index contributed by atoms with van der Waals surface area (Å²) in [5.41, 5.74) is 0. The third-order valence-corrected chi connectivity index (χ3v) is 16.5. The summed E-state index contributed by atoms with van der Waals surface area (Å²) in [4.78, 5) is 24.5. The summed E-state index contributed by atoms with van der Waals surface area (Å²) in [6, 6.07) is -0.537. The fraction of sp³-hybridized carbons (Fsp3) is 0.915. The summed E-state index contributed by atoms with van der Waals surface area (Å²) in [5.74, 6) is -0.0148. The Kier molecular flexibility index (Phi) is 65.4. The number of hydrogen-bond donors (Lipinski definition) is 3. The molecule has 0 rings (SSSR count). The van der Waals surface area contributed by atoms with Crippen LogP contribution in [0.2, 0.25) is 0 Å². The molecule has 2 unspecified atom stereocenters. The largest absolute Gasteiger partial charge is 0.466 e. The zero-order valence-electron chi connectivity index (χ0n) is 52.2. The lowest BCUT2D eigenvalue weighted by molar-refractivity contribution is -0.143. The van der Waals surface area contributed by atoms with Crippen molar-refractivity contribution in [3.8, 4) is 0 Å². The molecule has 0 heterocycles. The van der Waals surface area contributed by atoms with Crippen molar-refractivity contribution in [3.05, 3.63) is 24.3 Å². The van der Waals surface area contributed by atoms with Crippen molar-refractivity contribution in [2.45, 2.75) is 405 Å². The molecule has 0 aliphatic carbocycles. The minimum Gasteiger partial charge on any atom is -0.466 e. The lowest BCUT2D eigenvalue weighted by Crippen LogP contribution is -2.45. The molecule has 0 aromatic carbocycles. The van der Waals surface area contributed by atoms with E-state index in [9.17, 15) is 19.8 Å². The van der Waals surface area contributed by atoms with Gasteiger partial charge < -0.3 is 20.3 Å². The van der Waals surface area contributed by atoms with Gasteiger partial charge in [0.05, 0.1) is 25.4 Å². The van der Waals surface area contributed by atoms with Gasteiger partial charge >= 0.3 is 5.97 Å². The van der Waals surface area contributed by atoms with Crippen LogP contribution in [0.5, 0.6) is 0 Å². The summed E-state index contributed by atoms with van der Waals surface area (Å²) < 4.78 is 5.51. The van der Waals surface area contributed by atoms with E-state index in [0.29, 0.717) is 25.9 Å². The van der Waals surface area contributed by atoms with Gasteiger partial charge in [-0.25, -0.2) is 0 Å². The van der Waals surface area contributed by atoms with Crippen LogP contribution in [0.25, 0.3) is 0 Å². The standard InChI is InChI=1S/C71H137NO5/c1-3-5-7-9-11-13-14-15-16-17-32-36-39-42-45-49-53-57-61-65-71(76)77-66-62-58-54-50-46-43-40-37-34-31-29-27-25-23-21-19-18-20-22-24-26-28-30-33-35-38-41-44-48-52-56-60-64-70(75)72-68(67-73)69(74)63-59-55-51-47-12-10-8-6-4-2/h15-16,21,23,68-69,73-74H,3-14,17-20,22,24-67H2,1-2H3,(H,72,75)/b16-15-,23-21-. The maximum Gasteiger partial charge on any atom is 0.305 e. The Labute approximate surface area is 481 Å². The topological polar surface area (TPSA) is 95.9 Å². The van der Waals surface area contributed by atoms with Gasteiger partial charge in [0, 0.05) is 12.8 Å². The molecule has 3 N–H and O–H groups in total. The van der Waals surface area contributed by atoms with E-state index < -0.39 is 12.1 Å². The predicted molar refractivity (Wildman–Crippen MR) is 338 cm³/mol. The number of allylic oxidation sites excluding steroid dienone is 4. The van der Waals surface area contributed by atoms with E-state index >= 15 is 0 Å². The Hall–Kier alpha value is -1.66. The van der Waals surface area contributed by atoms with E-state index in [4.69, 9.17) is 4.74 Å². The Balaban J connectivity index is 3.31. The monoisotopic (exact) mass is 1080 g/mol. The first-order valence-electron chi connectivity index (χ1n) is 35.1. The second kappa shape index (κ2) is 66.8. The highest BCUT2D eigenvalue weighted by Crippen LogP contribution is 2.18. The van der Waals surface area contributed by atoms with Crippen molar-refractivity contribution in [2.75, 3.05) is 13.2 Å². The maximum atomic E-state index is 12.4. The summed E-state index contributed by atoms with van der Waals surface area (Å²) in [5, 5.41) is 23.1. The lowest BCUT2D eigenvalue weighted by atomic mass is 10.0. The molecule has 2 atom stereocenters. The first-order valence-corrected chi connectivity index (χ1v) is 35.1. The molecule has 1 amide bonds. The molecule has 6 heteroatoms. The summed E-state index contributed by atoms with van der Waals surface area (Å²) >= 11 is 0. The number of aliphatic hydroxyl groups is 2. The van der Waals surface area contributed by atoms with Crippen LogP contribution in [0.15, 0.2) is 24.3 Å². The van der Waals surface area contributed by atoms with Crippen LogP contribution in [0, 0.1) is 0 Å². The highest BCUT2D eigenvalue weighted by molar-refractivity contribution is 5.76. The average Bonchev–Trinajstić information content (AvgIpc) is 3.43. The van der Waals surface area contributed by atoms with Gasteiger partial charge in [-0.3, -0.25) is 9.59 Å². The zero-order chi connectivity index (χ0) is 55.7. The van der Waals surface area contributed by atoms with Crippen molar-refractivity contribution < 1.29 is 24.5 Å². The molecule has 77 heavy (non-hydrogen) atoms. The third kappa shape index (κ3) is 63.4. The van der Waals surface area contributed by atoms with Gasteiger partial charge in [0.2, 0.25) is 5.91 Å². The maximum absolute atomic E-state index is 12.4. The molecular formula is C71H137NO5. The number of hydrogen-bond acceptors (Lipinski definition) is 5. The third-order valence-electron chi connectivity index (χ3n) is 16.5. The number of nitrogens with one attached hydrogen (secondary N) is 1. The first kappa shape index (κ1) is 75.3. The van der Waals surface area contributed by atoms with E-state index in [0.717, 1.165) is 38.5 Å². The molecule has 0 aromatic rings. The number of carbonyl (C=O) groups is 2. The van der Waals surface area contributed by atoms with Crippen molar-refractivity contribution in [1.82, 2.24) is 5.32 Å². The smallest absolute Gasteiger partial charge is 0.305 e. The van der Waals surface area contributed by atoms with Crippen LogP contribution in [-0.4, -0.2) is 47.4 Å². The van der Waals surface area contributed by atoms with Crippen LogP contribution in [0.4, 0.5) is 0 Å². The molecule has 0 aliphatic heterocycles. The molecule has 0 bridgehead atoms. The van der Waals surface area contributed by atoms with Crippen LogP contribution in [0.1, 0.15) is 393 Å². The van der Waals surface area contributed by atoms with E-state index in [1.807, 2.05) is 0 Å².